The summed E-state index contributed by atoms with van der Waals surface area (Å²) in [5.74, 6) is -0.900. The summed E-state index contributed by atoms with van der Waals surface area (Å²) in [5.41, 5.74) is 1.92. The number of hydrogen-bond acceptors (Lipinski definition) is 10. The number of nitrogens with one attached hydrogen (secondary N) is 1. The number of fused-ring (bicyclic) bond motifs is 2. The van der Waals surface area contributed by atoms with Gasteiger partial charge in [-0.15, -0.1) is 0 Å². The zero-order valence-corrected chi connectivity index (χ0v) is 45.1. The van der Waals surface area contributed by atoms with E-state index in [0.717, 1.165) is 43.2 Å². The molecule has 2 aliphatic heterocycles. The molecule has 2 saturated heterocycles. The maximum Gasteiger partial charge on any atom is 1.00 e. The molecule has 0 radical (unpaired) electrons. The molecule has 6 atom stereocenters. The number of ether oxygens (including phenoxy) is 2. The summed E-state index contributed by atoms with van der Waals surface area (Å²) in [6.45, 7) is 1.78. The van der Waals surface area contributed by atoms with Gasteiger partial charge in [-0.2, -0.15) is 81.0 Å². The van der Waals surface area contributed by atoms with Crippen LogP contribution in [0.25, 0.3) is 0 Å². The average molecular weight is 967 g/mol. The van der Waals surface area contributed by atoms with Crippen molar-refractivity contribution >= 4 is 111 Å². The molecule has 1 amide bonds. The molecule has 0 bridgehead atoms. The molecule has 2 aromatic carbocycles. The maximum absolute atomic E-state index is 12.4. The molecule has 0 unspecified atom stereocenters. The van der Waals surface area contributed by atoms with Crippen molar-refractivity contribution in [3.05, 3.63) is 71.8 Å². The van der Waals surface area contributed by atoms with Gasteiger partial charge in [-0.3, -0.25) is 19.3 Å². The van der Waals surface area contributed by atoms with Gasteiger partial charge >= 0.3 is 127 Å². The summed E-state index contributed by atoms with van der Waals surface area (Å²) < 4.78 is 10.2. The van der Waals surface area contributed by atoms with Crippen LogP contribution in [-0.4, -0.2) is 69.8 Å². The molecule has 13 nitrogen and oxygen atoms in total. The molecule has 21 heteroatoms. The number of carboxylic acid groups (broad SMARTS) is 2. The minimum Gasteiger partial charge on any atom is -1.00 e. The SMILES string of the molecule is CC(=O)OCc1ccccc1.O=C(O)[C@@H]1C[C@@H]2CCCC[C@@H]2N1.O=C(O)[C@@H]1C[C@@H]2CCCC[C@@H]2N1C(=O)OCc1ccccc1.O=CO[O-].S.S.S.S.S.S.[H-].[K+].[K+]. The smallest absolute Gasteiger partial charge is 1.00 e. The van der Waals surface area contributed by atoms with E-state index in [1.807, 2.05) is 60.7 Å². The molecule has 4 fully saturated rings. The molecular weight excluding hydrogens is 907 g/mol. The standard InChI is InChI=1S/C17H21NO4.C9H15NO2.C9H10O2.CH2O3.2K.6H2S.H/c19-16(20)15-10-13-8-4-5-9-14(13)18(15)17(21)22-11-12-6-2-1-3-7-12;11-9(12)8-5-6-3-1-2-4-7(6)10-8;1-8(10)11-7-9-5-3-2-4-6-9;2-1-4-3;;;;;;;;;/h1-3,6-7,13-15H,4-5,8-11H2,(H,19,20);6-8,10H,1-5H2,(H,11,12);2-6H,7H2,1H3;1,3H;;;6*1H2;/q;;;;2*+1;;;;;;;-1/p-1/t13-,14-,15-;6-,7-,8-;;;;;;;;;;;/m00.........../s1. The van der Waals surface area contributed by atoms with Gasteiger partial charge < -0.3 is 36.6 Å². The molecule has 2 aliphatic carbocycles. The first-order chi connectivity index (χ1) is 23.6. The number of amides is 1. The van der Waals surface area contributed by atoms with Crippen molar-refractivity contribution in [1.82, 2.24) is 10.2 Å². The van der Waals surface area contributed by atoms with Crippen molar-refractivity contribution in [2.75, 3.05) is 0 Å². The number of hydrogen-bond donors (Lipinski definition) is 3. The van der Waals surface area contributed by atoms with Gasteiger partial charge in [-0.1, -0.05) is 86.3 Å². The molecule has 6 rings (SSSR count). The number of aliphatic carboxylic acids is 2. The van der Waals surface area contributed by atoms with Gasteiger partial charge in [-0.25, -0.2) is 9.59 Å². The molecule has 2 aromatic rings. The molecular formula is C36H60K2N2O11S6. The van der Waals surface area contributed by atoms with E-state index in [-0.39, 0.29) is 216 Å². The first-order valence-electron chi connectivity index (χ1n) is 16.7. The van der Waals surface area contributed by atoms with Gasteiger partial charge in [0.1, 0.15) is 25.3 Å². The van der Waals surface area contributed by atoms with Crippen LogP contribution in [-0.2, 0) is 46.8 Å². The summed E-state index contributed by atoms with van der Waals surface area (Å²) in [6, 6.07) is 18.6. The molecule has 0 spiro atoms. The first-order valence-corrected chi connectivity index (χ1v) is 16.7. The van der Waals surface area contributed by atoms with Gasteiger partial charge in [0, 0.05) is 19.0 Å². The molecule has 4 aliphatic rings. The van der Waals surface area contributed by atoms with E-state index in [1.54, 1.807) is 0 Å². The van der Waals surface area contributed by atoms with Crippen molar-refractivity contribution in [3.8, 4) is 0 Å². The number of nitrogens with zero attached hydrogens (tertiary/aromatic N) is 1. The quantitative estimate of drug-likeness (QED) is 0.101. The summed E-state index contributed by atoms with van der Waals surface area (Å²) in [6.07, 6.45) is 9.93. The van der Waals surface area contributed by atoms with Crippen molar-refractivity contribution in [2.24, 2.45) is 11.8 Å². The van der Waals surface area contributed by atoms with Gasteiger partial charge in [0.05, 0.1) is 0 Å². The van der Waals surface area contributed by atoms with Crippen LogP contribution >= 0.6 is 81.0 Å². The number of carbonyl (C=O) groups excluding carboxylic acids is 3. The fraction of sp³-hybridized carbons (Fsp3) is 0.528. The number of carbonyl (C=O) groups is 5. The van der Waals surface area contributed by atoms with Gasteiger partial charge in [0.15, 0.2) is 0 Å². The zero-order valence-electron chi connectivity index (χ0n) is 33.8. The first kappa shape index (κ1) is 69.6. The van der Waals surface area contributed by atoms with Crippen LogP contribution in [0, 0.1) is 11.8 Å². The third-order valence-electron chi connectivity index (χ3n) is 9.27. The number of esters is 1. The predicted octanol–water partition coefficient (Wildman–Crippen LogP) is -0.986. The summed E-state index contributed by atoms with van der Waals surface area (Å²) in [5, 5.41) is 29.8. The largest absolute Gasteiger partial charge is 1.00 e. The second kappa shape index (κ2) is 39.7. The van der Waals surface area contributed by atoms with Crippen molar-refractivity contribution in [3.63, 3.8) is 0 Å². The van der Waals surface area contributed by atoms with E-state index in [2.05, 4.69) is 10.2 Å². The van der Waals surface area contributed by atoms with E-state index < -0.39 is 24.1 Å². The number of likely N-dealkylation sites (tertiary alicyclic amines) is 1. The Balaban J connectivity index is -0.000000126. The topological polar surface area (TPSA) is 192 Å². The summed E-state index contributed by atoms with van der Waals surface area (Å²) in [7, 11) is 0. The molecule has 318 valence electrons. The Bertz CT molecular complexity index is 1360. The molecule has 2 heterocycles. The van der Waals surface area contributed by atoms with Gasteiger partial charge in [0.25, 0.3) is 6.47 Å². The second-order valence-corrected chi connectivity index (χ2v) is 12.6. The monoisotopic (exact) mass is 966 g/mol. The Labute approximate surface area is 464 Å². The Hall–Kier alpha value is 0.883. The zero-order chi connectivity index (χ0) is 35.6. The Morgan fingerprint density at radius 2 is 1.19 bits per heavy atom. The van der Waals surface area contributed by atoms with E-state index in [1.165, 1.54) is 37.5 Å². The third-order valence-corrected chi connectivity index (χ3v) is 9.27. The minimum absolute atomic E-state index is 0. The van der Waals surface area contributed by atoms with Crippen molar-refractivity contribution in [2.45, 2.75) is 109 Å². The summed E-state index contributed by atoms with van der Waals surface area (Å²) in [4.78, 5) is 57.7. The van der Waals surface area contributed by atoms with E-state index in [9.17, 15) is 24.3 Å². The van der Waals surface area contributed by atoms with Crippen LogP contribution in [0.5, 0.6) is 0 Å². The molecule has 2 saturated carbocycles. The number of benzene rings is 2. The van der Waals surface area contributed by atoms with Crippen LogP contribution in [0.3, 0.4) is 0 Å². The Morgan fingerprint density at radius 3 is 1.63 bits per heavy atom. The average Bonchev–Trinajstić information content (AvgIpc) is 3.74. The van der Waals surface area contributed by atoms with E-state index in [4.69, 9.17) is 24.6 Å². The van der Waals surface area contributed by atoms with Crippen molar-refractivity contribution in [1.29, 1.82) is 0 Å². The molecule has 3 N–H and O–H groups in total. The molecule has 57 heavy (non-hydrogen) atoms. The normalized spacial score (nSPS) is 21.3. The minimum atomic E-state index is -0.925. The van der Waals surface area contributed by atoms with Gasteiger partial charge in [-0.05, 0) is 61.5 Å². The fourth-order valence-electron chi connectivity index (χ4n) is 7.01. The van der Waals surface area contributed by atoms with Crippen molar-refractivity contribution < 1.29 is 158 Å². The summed E-state index contributed by atoms with van der Waals surface area (Å²) >= 11 is 0. The van der Waals surface area contributed by atoms with Gasteiger partial charge in [0.2, 0.25) is 0 Å². The number of carboxylic acids is 2. The van der Waals surface area contributed by atoms with Crippen LogP contribution in [0.15, 0.2) is 60.7 Å². The van der Waals surface area contributed by atoms with E-state index in [0.29, 0.717) is 30.9 Å². The fourth-order valence-corrected chi connectivity index (χ4v) is 7.01. The van der Waals surface area contributed by atoms with Crippen LogP contribution in [0.2, 0.25) is 0 Å². The van der Waals surface area contributed by atoms with Crippen LogP contribution < -0.4 is 113 Å². The molecule has 0 aromatic heterocycles. The number of rotatable bonds is 7. The second-order valence-electron chi connectivity index (χ2n) is 12.6. The maximum atomic E-state index is 12.4. The predicted molar refractivity (Wildman–Crippen MR) is 238 cm³/mol. The van der Waals surface area contributed by atoms with Crippen LogP contribution in [0.4, 0.5) is 4.79 Å². The Kier molecular flexibility index (Phi) is 48.5. The third kappa shape index (κ3) is 25.6. The Morgan fingerprint density at radius 1 is 0.737 bits per heavy atom. The van der Waals surface area contributed by atoms with Crippen LogP contribution in [0.1, 0.15) is 83.7 Å². The van der Waals surface area contributed by atoms with E-state index >= 15 is 0 Å².